The van der Waals surface area contributed by atoms with Gasteiger partial charge in [0.15, 0.2) is 0 Å². The van der Waals surface area contributed by atoms with E-state index in [1.165, 1.54) is 38.6 Å². The standard InChI is InChI=1S/C16H32N2/c1-5-17-15-10-12(2)9-13(3)16(15)18(4)11-14-7-6-8-14/h12-17H,5-11H2,1-4H3. The Kier molecular flexibility index (Phi) is 5.08. The summed E-state index contributed by atoms with van der Waals surface area (Å²) in [6, 6.07) is 1.46. The summed E-state index contributed by atoms with van der Waals surface area (Å²) < 4.78 is 0. The van der Waals surface area contributed by atoms with Crippen LogP contribution in [0.2, 0.25) is 0 Å². The van der Waals surface area contributed by atoms with Crippen LogP contribution in [0, 0.1) is 17.8 Å². The summed E-state index contributed by atoms with van der Waals surface area (Å²) in [5, 5.41) is 3.74. The van der Waals surface area contributed by atoms with Crippen molar-refractivity contribution in [3.8, 4) is 0 Å². The highest BCUT2D eigenvalue weighted by molar-refractivity contribution is 4.93. The molecule has 2 saturated carbocycles. The molecule has 2 fully saturated rings. The van der Waals surface area contributed by atoms with Gasteiger partial charge >= 0.3 is 0 Å². The average molecular weight is 252 g/mol. The third-order valence-corrected chi connectivity index (χ3v) is 5.17. The Balaban J connectivity index is 1.95. The van der Waals surface area contributed by atoms with Crippen LogP contribution in [0.3, 0.4) is 0 Å². The normalized spacial score (nSPS) is 37.8. The van der Waals surface area contributed by atoms with Crippen LogP contribution < -0.4 is 5.32 Å². The minimum atomic E-state index is 0.707. The second-order valence-electron chi connectivity index (χ2n) is 6.95. The smallest absolute Gasteiger partial charge is 0.0272 e. The maximum atomic E-state index is 3.74. The van der Waals surface area contributed by atoms with E-state index in [4.69, 9.17) is 0 Å². The lowest BCUT2D eigenvalue weighted by atomic mass is 9.75. The van der Waals surface area contributed by atoms with Gasteiger partial charge in [-0.3, -0.25) is 0 Å². The lowest BCUT2D eigenvalue weighted by Crippen LogP contribution is -2.56. The van der Waals surface area contributed by atoms with Crippen LogP contribution in [0.4, 0.5) is 0 Å². The number of hydrogen-bond acceptors (Lipinski definition) is 2. The first-order valence-electron chi connectivity index (χ1n) is 8.05. The molecule has 0 spiro atoms. The lowest BCUT2D eigenvalue weighted by molar-refractivity contribution is 0.0587. The molecule has 18 heavy (non-hydrogen) atoms. The van der Waals surface area contributed by atoms with E-state index in [-0.39, 0.29) is 0 Å². The van der Waals surface area contributed by atoms with E-state index in [9.17, 15) is 0 Å². The quantitative estimate of drug-likeness (QED) is 0.809. The Labute approximate surface area is 114 Å². The fourth-order valence-corrected chi connectivity index (χ4v) is 4.25. The predicted molar refractivity (Wildman–Crippen MR) is 78.8 cm³/mol. The van der Waals surface area contributed by atoms with Gasteiger partial charge in [0.25, 0.3) is 0 Å². The molecule has 1 N–H and O–H groups in total. The van der Waals surface area contributed by atoms with Gasteiger partial charge < -0.3 is 10.2 Å². The zero-order valence-electron chi connectivity index (χ0n) is 12.8. The molecule has 0 aromatic rings. The fraction of sp³-hybridized carbons (Fsp3) is 1.00. The van der Waals surface area contributed by atoms with Crippen molar-refractivity contribution in [2.75, 3.05) is 20.1 Å². The number of rotatable bonds is 5. The molecule has 0 amide bonds. The van der Waals surface area contributed by atoms with Gasteiger partial charge in [-0.15, -0.1) is 0 Å². The van der Waals surface area contributed by atoms with Crippen molar-refractivity contribution in [2.24, 2.45) is 17.8 Å². The zero-order valence-corrected chi connectivity index (χ0v) is 12.8. The molecule has 2 heteroatoms. The molecule has 106 valence electrons. The first kappa shape index (κ1) is 14.3. The van der Waals surface area contributed by atoms with Crippen LogP contribution in [0.15, 0.2) is 0 Å². The third kappa shape index (κ3) is 3.27. The Morgan fingerprint density at radius 1 is 1.17 bits per heavy atom. The van der Waals surface area contributed by atoms with E-state index in [1.54, 1.807) is 0 Å². The van der Waals surface area contributed by atoms with Crippen molar-refractivity contribution in [2.45, 2.75) is 65.0 Å². The van der Waals surface area contributed by atoms with Crippen molar-refractivity contribution in [3.05, 3.63) is 0 Å². The second kappa shape index (κ2) is 6.38. The van der Waals surface area contributed by atoms with E-state index in [2.05, 4.69) is 38.0 Å². The molecule has 0 bridgehead atoms. The van der Waals surface area contributed by atoms with Crippen molar-refractivity contribution in [1.82, 2.24) is 10.2 Å². The summed E-state index contributed by atoms with van der Waals surface area (Å²) in [6.45, 7) is 9.56. The molecule has 0 saturated heterocycles. The Morgan fingerprint density at radius 2 is 1.89 bits per heavy atom. The average Bonchev–Trinajstić information content (AvgIpc) is 2.23. The third-order valence-electron chi connectivity index (χ3n) is 5.17. The maximum Gasteiger partial charge on any atom is 0.0272 e. The summed E-state index contributed by atoms with van der Waals surface area (Å²) in [5.74, 6) is 2.71. The SMILES string of the molecule is CCNC1CC(C)CC(C)C1N(C)CC1CCC1. The van der Waals surface area contributed by atoms with Crippen LogP contribution in [0.1, 0.15) is 52.9 Å². The Bertz CT molecular complexity index is 249. The first-order chi connectivity index (χ1) is 8.61. The van der Waals surface area contributed by atoms with Crippen LogP contribution in [0.25, 0.3) is 0 Å². The topological polar surface area (TPSA) is 15.3 Å². The van der Waals surface area contributed by atoms with Crippen molar-refractivity contribution in [3.63, 3.8) is 0 Å². The van der Waals surface area contributed by atoms with Crippen LogP contribution >= 0.6 is 0 Å². The molecule has 0 aliphatic heterocycles. The highest BCUT2D eigenvalue weighted by Gasteiger charge is 2.36. The van der Waals surface area contributed by atoms with Gasteiger partial charge in [-0.25, -0.2) is 0 Å². The van der Waals surface area contributed by atoms with E-state index >= 15 is 0 Å². The summed E-state index contributed by atoms with van der Waals surface area (Å²) in [5.41, 5.74) is 0. The van der Waals surface area contributed by atoms with Crippen LogP contribution in [0.5, 0.6) is 0 Å². The molecule has 0 aromatic heterocycles. The zero-order chi connectivity index (χ0) is 13.1. The summed E-state index contributed by atoms with van der Waals surface area (Å²) in [4.78, 5) is 2.67. The van der Waals surface area contributed by atoms with Gasteiger partial charge in [0.2, 0.25) is 0 Å². The van der Waals surface area contributed by atoms with Gasteiger partial charge in [0.1, 0.15) is 0 Å². The Hall–Kier alpha value is -0.0800. The van der Waals surface area contributed by atoms with Gasteiger partial charge in [-0.1, -0.05) is 27.2 Å². The number of nitrogens with one attached hydrogen (secondary N) is 1. The number of likely N-dealkylation sites (N-methyl/N-ethyl adjacent to an activating group) is 2. The predicted octanol–water partition coefficient (Wildman–Crippen LogP) is 3.13. The minimum Gasteiger partial charge on any atom is -0.313 e. The van der Waals surface area contributed by atoms with Crippen molar-refractivity contribution < 1.29 is 0 Å². The summed E-state index contributed by atoms with van der Waals surface area (Å²) in [7, 11) is 2.36. The molecule has 4 unspecified atom stereocenters. The van der Waals surface area contributed by atoms with Crippen molar-refractivity contribution in [1.29, 1.82) is 0 Å². The van der Waals surface area contributed by atoms with E-state index in [0.717, 1.165) is 30.3 Å². The molecule has 0 aromatic carbocycles. The highest BCUT2D eigenvalue weighted by Crippen LogP contribution is 2.34. The lowest BCUT2D eigenvalue weighted by Gasteiger charge is -2.46. The molecular formula is C16H32N2. The van der Waals surface area contributed by atoms with Gasteiger partial charge in [0.05, 0.1) is 0 Å². The van der Waals surface area contributed by atoms with Gasteiger partial charge in [-0.2, -0.15) is 0 Å². The van der Waals surface area contributed by atoms with Crippen LogP contribution in [-0.4, -0.2) is 37.1 Å². The molecule has 0 heterocycles. The monoisotopic (exact) mass is 252 g/mol. The van der Waals surface area contributed by atoms with Gasteiger partial charge in [0, 0.05) is 18.6 Å². The van der Waals surface area contributed by atoms with Gasteiger partial charge in [-0.05, 0) is 57.0 Å². The first-order valence-corrected chi connectivity index (χ1v) is 8.05. The highest BCUT2D eigenvalue weighted by atomic mass is 15.2. The largest absolute Gasteiger partial charge is 0.313 e. The molecule has 2 rings (SSSR count). The maximum absolute atomic E-state index is 3.74. The Morgan fingerprint density at radius 3 is 2.44 bits per heavy atom. The van der Waals surface area contributed by atoms with E-state index < -0.39 is 0 Å². The molecule has 2 aliphatic rings. The molecular weight excluding hydrogens is 220 g/mol. The molecule has 4 atom stereocenters. The fourth-order valence-electron chi connectivity index (χ4n) is 4.25. The summed E-state index contributed by atoms with van der Waals surface area (Å²) >= 11 is 0. The van der Waals surface area contributed by atoms with Crippen LogP contribution in [-0.2, 0) is 0 Å². The summed E-state index contributed by atoms with van der Waals surface area (Å²) in [6.07, 6.45) is 7.16. The van der Waals surface area contributed by atoms with E-state index in [0.29, 0.717) is 6.04 Å². The minimum absolute atomic E-state index is 0.707. The van der Waals surface area contributed by atoms with E-state index in [1.807, 2.05) is 0 Å². The van der Waals surface area contributed by atoms with Crippen molar-refractivity contribution >= 4 is 0 Å². The molecule has 0 radical (unpaired) electrons. The number of hydrogen-bond donors (Lipinski definition) is 1. The second-order valence-corrected chi connectivity index (χ2v) is 6.95. The molecule has 2 aliphatic carbocycles. The molecule has 2 nitrogen and oxygen atoms in total. The number of nitrogens with zero attached hydrogens (tertiary/aromatic N) is 1.